The number of anilines is 1. The van der Waals surface area contributed by atoms with E-state index in [4.69, 9.17) is 0 Å². The van der Waals surface area contributed by atoms with E-state index in [1.165, 1.54) is 0 Å². The smallest absolute Gasteiger partial charge is 0.255 e. The molecule has 19 heavy (non-hydrogen) atoms. The van der Waals surface area contributed by atoms with Crippen molar-refractivity contribution < 1.29 is 4.79 Å². The van der Waals surface area contributed by atoms with E-state index >= 15 is 0 Å². The van der Waals surface area contributed by atoms with Crippen LogP contribution < -0.4 is 10.6 Å². The third-order valence-electron chi connectivity index (χ3n) is 4.63. The second-order valence-electron chi connectivity index (χ2n) is 6.15. The Hall–Kier alpha value is -1.10. The number of amides is 1. The van der Waals surface area contributed by atoms with Crippen LogP contribution in [0.25, 0.3) is 0 Å². The number of pyridine rings is 1. The average Bonchev–Trinajstić information content (AvgIpc) is 2.71. The van der Waals surface area contributed by atoms with Gasteiger partial charge < -0.3 is 10.6 Å². The number of rotatable bonds is 3. The molecule has 1 aromatic heterocycles. The van der Waals surface area contributed by atoms with Crippen LogP contribution in [-0.4, -0.2) is 24.0 Å². The lowest BCUT2D eigenvalue weighted by molar-refractivity contribution is 0.0944. The zero-order valence-electron chi connectivity index (χ0n) is 12.0. The third kappa shape index (κ3) is 2.24. The molecular formula is C14H20BrN3O. The van der Waals surface area contributed by atoms with Crippen LogP contribution >= 0.6 is 15.9 Å². The molecule has 1 aliphatic rings. The summed E-state index contributed by atoms with van der Waals surface area (Å²) in [6.45, 7) is 8.71. The lowest BCUT2D eigenvalue weighted by atomic mass is 10.0. The largest absolute Gasteiger partial charge is 0.372 e. The first-order valence-electron chi connectivity index (χ1n) is 6.36. The van der Waals surface area contributed by atoms with E-state index in [-0.39, 0.29) is 22.8 Å². The van der Waals surface area contributed by atoms with Gasteiger partial charge in [0.25, 0.3) is 5.91 Å². The normalized spacial score (nSPS) is 19.9. The molecular weight excluding hydrogens is 306 g/mol. The standard InChI is InChI=1S/C14H20BrN3O/c1-13(2)12(14(13,3)4)18-11(19)9-6-8(15)7-17-10(9)16-5/h6-7,12H,1-5H3,(H,16,17)(H,18,19). The predicted octanol–water partition coefficient (Wildman–Crippen LogP) is 3.05. The second-order valence-corrected chi connectivity index (χ2v) is 7.07. The van der Waals surface area contributed by atoms with Crippen molar-refractivity contribution in [2.24, 2.45) is 10.8 Å². The molecule has 0 spiro atoms. The number of carbonyl (C=O) groups is 1. The summed E-state index contributed by atoms with van der Waals surface area (Å²) in [5, 5.41) is 6.06. The molecule has 1 heterocycles. The number of halogens is 1. The molecule has 0 unspecified atom stereocenters. The highest BCUT2D eigenvalue weighted by Gasteiger charge is 2.65. The van der Waals surface area contributed by atoms with Crippen molar-refractivity contribution in [3.63, 3.8) is 0 Å². The first kappa shape index (κ1) is 14.3. The third-order valence-corrected chi connectivity index (χ3v) is 5.07. The maximum atomic E-state index is 12.4. The van der Waals surface area contributed by atoms with E-state index in [9.17, 15) is 4.79 Å². The molecule has 0 radical (unpaired) electrons. The average molecular weight is 326 g/mol. The lowest BCUT2D eigenvalue weighted by Gasteiger charge is -2.10. The number of hydrogen-bond donors (Lipinski definition) is 2. The second kappa shape index (κ2) is 4.47. The molecule has 0 atom stereocenters. The highest BCUT2D eigenvalue weighted by atomic mass is 79.9. The molecule has 2 N–H and O–H groups in total. The Labute approximate surface area is 122 Å². The molecule has 0 aromatic carbocycles. The van der Waals surface area contributed by atoms with Gasteiger partial charge in [-0.2, -0.15) is 0 Å². The predicted molar refractivity (Wildman–Crippen MR) is 80.3 cm³/mol. The zero-order chi connectivity index (χ0) is 14.4. The van der Waals surface area contributed by atoms with Crippen LogP contribution in [0.3, 0.4) is 0 Å². The summed E-state index contributed by atoms with van der Waals surface area (Å²) in [6.07, 6.45) is 1.67. The van der Waals surface area contributed by atoms with Gasteiger partial charge in [0.1, 0.15) is 5.82 Å². The monoisotopic (exact) mass is 325 g/mol. The van der Waals surface area contributed by atoms with Gasteiger partial charge in [-0.25, -0.2) is 4.98 Å². The van der Waals surface area contributed by atoms with Gasteiger partial charge >= 0.3 is 0 Å². The molecule has 1 saturated carbocycles. The maximum absolute atomic E-state index is 12.4. The van der Waals surface area contributed by atoms with Gasteiger partial charge in [-0.05, 0) is 32.8 Å². The molecule has 5 heteroatoms. The van der Waals surface area contributed by atoms with Crippen LogP contribution in [0, 0.1) is 10.8 Å². The molecule has 1 amide bonds. The van der Waals surface area contributed by atoms with Crippen molar-refractivity contribution in [3.8, 4) is 0 Å². The van der Waals surface area contributed by atoms with E-state index in [0.717, 1.165) is 4.47 Å². The highest BCUT2D eigenvalue weighted by molar-refractivity contribution is 9.10. The van der Waals surface area contributed by atoms with Crippen molar-refractivity contribution in [2.75, 3.05) is 12.4 Å². The summed E-state index contributed by atoms with van der Waals surface area (Å²) in [5.74, 6) is 0.513. The molecule has 2 rings (SSSR count). The van der Waals surface area contributed by atoms with E-state index < -0.39 is 0 Å². The fraction of sp³-hybridized carbons (Fsp3) is 0.571. The Kier molecular flexibility index (Phi) is 3.37. The molecule has 0 saturated heterocycles. The minimum Gasteiger partial charge on any atom is -0.372 e. The molecule has 1 aromatic rings. The fourth-order valence-electron chi connectivity index (χ4n) is 2.58. The summed E-state index contributed by atoms with van der Waals surface area (Å²) in [5.41, 5.74) is 0.819. The first-order valence-corrected chi connectivity index (χ1v) is 7.15. The maximum Gasteiger partial charge on any atom is 0.255 e. The summed E-state index contributed by atoms with van der Waals surface area (Å²) in [4.78, 5) is 16.6. The molecule has 1 fully saturated rings. The molecule has 0 bridgehead atoms. The van der Waals surface area contributed by atoms with E-state index in [1.807, 2.05) is 0 Å². The molecule has 0 aliphatic heterocycles. The highest BCUT2D eigenvalue weighted by Crippen LogP contribution is 2.62. The van der Waals surface area contributed by atoms with Gasteiger partial charge in [-0.1, -0.05) is 27.7 Å². The first-order chi connectivity index (χ1) is 8.71. The van der Waals surface area contributed by atoms with E-state index in [0.29, 0.717) is 11.4 Å². The van der Waals surface area contributed by atoms with Gasteiger partial charge in [0.2, 0.25) is 0 Å². The zero-order valence-corrected chi connectivity index (χ0v) is 13.6. The van der Waals surface area contributed by atoms with Crippen LogP contribution in [0.2, 0.25) is 0 Å². The summed E-state index contributed by atoms with van der Waals surface area (Å²) in [6, 6.07) is 1.98. The van der Waals surface area contributed by atoms with Crippen molar-refractivity contribution in [3.05, 3.63) is 22.3 Å². The van der Waals surface area contributed by atoms with Crippen LogP contribution in [0.4, 0.5) is 5.82 Å². The number of carbonyl (C=O) groups excluding carboxylic acids is 1. The van der Waals surface area contributed by atoms with Gasteiger partial charge in [0, 0.05) is 23.8 Å². The minimum absolute atomic E-state index is 0.0817. The Bertz CT molecular complexity index is 511. The summed E-state index contributed by atoms with van der Waals surface area (Å²) < 4.78 is 0.797. The van der Waals surface area contributed by atoms with Crippen molar-refractivity contribution >= 4 is 27.7 Å². The van der Waals surface area contributed by atoms with Gasteiger partial charge in [-0.3, -0.25) is 4.79 Å². The van der Waals surface area contributed by atoms with Crippen molar-refractivity contribution in [2.45, 2.75) is 33.7 Å². The molecule has 1 aliphatic carbocycles. The van der Waals surface area contributed by atoms with Crippen LogP contribution in [0.1, 0.15) is 38.1 Å². The minimum atomic E-state index is -0.0817. The quantitative estimate of drug-likeness (QED) is 0.898. The number of aromatic nitrogens is 1. The van der Waals surface area contributed by atoms with Crippen LogP contribution in [0.5, 0.6) is 0 Å². The Morgan fingerprint density at radius 3 is 2.37 bits per heavy atom. The number of nitrogens with one attached hydrogen (secondary N) is 2. The lowest BCUT2D eigenvalue weighted by Crippen LogP contribution is -2.30. The topological polar surface area (TPSA) is 54.0 Å². The van der Waals surface area contributed by atoms with E-state index in [1.54, 1.807) is 19.3 Å². The fourth-order valence-corrected chi connectivity index (χ4v) is 2.91. The SMILES string of the molecule is CNc1ncc(Br)cc1C(=O)NC1C(C)(C)C1(C)C. The van der Waals surface area contributed by atoms with Crippen LogP contribution in [0.15, 0.2) is 16.7 Å². The van der Waals surface area contributed by atoms with E-state index in [2.05, 4.69) is 59.2 Å². The number of hydrogen-bond acceptors (Lipinski definition) is 3. The van der Waals surface area contributed by atoms with Crippen molar-refractivity contribution in [1.82, 2.24) is 10.3 Å². The molecule has 4 nitrogen and oxygen atoms in total. The van der Waals surface area contributed by atoms with Gasteiger partial charge in [-0.15, -0.1) is 0 Å². The Morgan fingerprint density at radius 1 is 1.32 bits per heavy atom. The van der Waals surface area contributed by atoms with Crippen LogP contribution in [-0.2, 0) is 0 Å². The Morgan fingerprint density at radius 2 is 1.89 bits per heavy atom. The number of nitrogens with zero attached hydrogens (tertiary/aromatic N) is 1. The Balaban J connectivity index is 2.20. The van der Waals surface area contributed by atoms with Gasteiger partial charge in [0.15, 0.2) is 0 Å². The molecule has 104 valence electrons. The van der Waals surface area contributed by atoms with Crippen molar-refractivity contribution in [1.29, 1.82) is 0 Å². The summed E-state index contributed by atoms with van der Waals surface area (Å²) >= 11 is 3.35. The summed E-state index contributed by atoms with van der Waals surface area (Å²) in [7, 11) is 1.76. The van der Waals surface area contributed by atoms with Gasteiger partial charge in [0.05, 0.1) is 5.56 Å².